The molecule has 1 aromatic carbocycles. The van der Waals surface area contributed by atoms with Crippen LogP contribution in [0.5, 0.6) is 0 Å². The van der Waals surface area contributed by atoms with Gasteiger partial charge in [-0.3, -0.25) is 0 Å². The first-order valence-electron chi connectivity index (χ1n) is 5.45. The van der Waals surface area contributed by atoms with E-state index in [-0.39, 0.29) is 20.4 Å². The van der Waals surface area contributed by atoms with Crippen LogP contribution < -0.4 is 0 Å². The third-order valence-corrected chi connectivity index (χ3v) is 5.15. The first-order valence-corrected chi connectivity index (χ1v) is 7.78. The first kappa shape index (κ1) is 12.5. The Balaban J connectivity index is 2.25. The Kier molecular flexibility index (Phi) is 3.75. The van der Waals surface area contributed by atoms with Crippen LogP contribution in [0, 0.1) is 11.8 Å². The monoisotopic (exact) mass is 340 g/mol. The van der Waals surface area contributed by atoms with Gasteiger partial charge in [0.05, 0.1) is 0 Å². The minimum absolute atomic E-state index is 0.375. The van der Waals surface area contributed by atoms with Crippen LogP contribution >= 0.6 is 0 Å². The summed E-state index contributed by atoms with van der Waals surface area (Å²) in [5.74, 6) is 5.96. The number of aliphatic hydroxyl groups is 1. The van der Waals surface area contributed by atoms with Gasteiger partial charge in [0.25, 0.3) is 0 Å². The Morgan fingerprint density at radius 1 is 1.06 bits per heavy atom. The molecule has 1 heterocycles. The predicted octanol–water partition coefficient (Wildman–Crippen LogP) is 2.53. The molecule has 0 radical (unpaired) electrons. The summed E-state index contributed by atoms with van der Waals surface area (Å²) in [5.41, 5.74) is 0.398. The van der Waals surface area contributed by atoms with Gasteiger partial charge in [-0.05, 0) is 0 Å². The molecule has 0 saturated carbocycles. The van der Waals surface area contributed by atoms with E-state index in [2.05, 4.69) is 48.2 Å². The van der Waals surface area contributed by atoms with Crippen LogP contribution in [-0.4, -0.2) is 31.1 Å². The van der Waals surface area contributed by atoms with Crippen molar-refractivity contribution in [3.63, 3.8) is 0 Å². The fraction of sp³-hybridized carbons (Fsp3) is 0.200. The number of benzene rings is 1. The van der Waals surface area contributed by atoms with Gasteiger partial charge in [0.2, 0.25) is 0 Å². The van der Waals surface area contributed by atoms with E-state index in [0.29, 0.717) is 0 Å². The molecule has 0 aliphatic carbocycles. The molecule has 1 nitrogen and oxygen atoms in total. The molecule has 86 valence electrons. The molecule has 2 rings (SSSR count). The molecule has 0 aliphatic heterocycles. The topological polar surface area (TPSA) is 20.2 Å². The standard InChI is InChI=1S/C15H14OTe/c1-15(2,16)11-10-13-8-9-14(17-13)12-6-4-3-5-7-12/h3-9,16H,1-2H3. The zero-order valence-electron chi connectivity index (χ0n) is 9.90. The van der Waals surface area contributed by atoms with Gasteiger partial charge in [-0.1, -0.05) is 0 Å². The van der Waals surface area contributed by atoms with Gasteiger partial charge in [0.15, 0.2) is 0 Å². The van der Waals surface area contributed by atoms with Crippen molar-refractivity contribution in [2.45, 2.75) is 19.4 Å². The van der Waals surface area contributed by atoms with Crippen molar-refractivity contribution in [3.8, 4) is 21.0 Å². The summed E-state index contributed by atoms with van der Waals surface area (Å²) < 4.78 is 2.60. The van der Waals surface area contributed by atoms with Gasteiger partial charge in [0.1, 0.15) is 0 Å². The summed E-state index contributed by atoms with van der Waals surface area (Å²) in [4.78, 5) is 0. The third-order valence-electron chi connectivity index (χ3n) is 2.16. The summed E-state index contributed by atoms with van der Waals surface area (Å²) in [5, 5.41) is 9.56. The van der Waals surface area contributed by atoms with E-state index < -0.39 is 5.60 Å². The van der Waals surface area contributed by atoms with Gasteiger partial charge in [-0.15, -0.1) is 0 Å². The summed E-state index contributed by atoms with van der Waals surface area (Å²) in [6.45, 7) is 3.42. The average molecular weight is 338 g/mol. The number of hydrogen-bond acceptors (Lipinski definition) is 1. The van der Waals surface area contributed by atoms with E-state index in [9.17, 15) is 5.11 Å². The fourth-order valence-corrected chi connectivity index (χ4v) is 3.85. The maximum absolute atomic E-state index is 9.56. The van der Waals surface area contributed by atoms with E-state index in [0.717, 1.165) is 0 Å². The van der Waals surface area contributed by atoms with Gasteiger partial charge in [-0.2, -0.15) is 0 Å². The molecule has 0 amide bonds. The van der Waals surface area contributed by atoms with Gasteiger partial charge >= 0.3 is 112 Å². The van der Waals surface area contributed by atoms with Crippen LogP contribution in [0.25, 0.3) is 9.14 Å². The Morgan fingerprint density at radius 2 is 1.76 bits per heavy atom. The summed E-state index contributed by atoms with van der Waals surface area (Å²) >= 11 is -0.375. The van der Waals surface area contributed by atoms with Gasteiger partial charge < -0.3 is 0 Å². The van der Waals surface area contributed by atoms with Crippen LogP contribution in [0.2, 0.25) is 0 Å². The van der Waals surface area contributed by atoms with E-state index in [1.807, 2.05) is 6.07 Å². The molecule has 0 atom stereocenters. The van der Waals surface area contributed by atoms with Crippen molar-refractivity contribution in [1.82, 2.24) is 0 Å². The molecule has 2 heteroatoms. The second kappa shape index (κ2) is 5.11. The average Bonchev–Trinajstić information content (AvgIpc) is 2.75. The zero-order valence-corrected chi connectivity index (χ0v) is 12.2. The van der Waals surface area contributed by atoms with Crippen LogP contribution in [0.3, 0.4) is 0 Å². The first-order chi connectivity index (χ1) is 8.04. The molecule has 0 saturated heterocycles. The Morgan fingerprint density at radius 3 is 2.41 bits per heavy atom. The van der Waals surface area contributed by atoms with Crippen molar-refractivity contribution >= 4 is 20.4 Å². The zero-order chi connectivity index (χ0) is 12.3. The molecule has 0 unspecified atom stereocenters. The summed E-state index contributed by atoms with van der Waals surface area (Å²) in [6, 6.07) is 14.7. The Labute approximate surface area is 112 Å². The van der Waals surface area contributed by atoms with Crippen LogP contribution in [0.15, 0.2) is 42.5 Å². The molecule has 2 aromatic rings. The van der Waals surface area contributed by atoms with Crippen LogP contribution in [0.4, 0.5) is 0 Å². The second-order valence-corrected chi connectivity index (χ2v) is 7.43. The number of rotatable bonds is 1. The van der Waals surface area contributed by atoms with Gasteiger partial charge in [-0.25, -0.2) is 0 Å². The normalized spacial score (nSPS) is 10.8. The maximum atomic E-state index is 9.56. The second-order valence-electron chi connectivity index (χ2n) is 4.34. The van der Waals surface area contributed by atoms with E-state index in [1.54, 1.807) is 13.8 Å². The Bertz CT molecular complexity index is 550. The molecule has 0 spiro atoms. The van der Waals surface area contributed by atoms with Gasteiger partial charge in [0, 0.05) is 0 Å². The summed E-state index contributed by atoms with van der Waals surface area (Å²) in [7, 11) is 0. The molecular formula is C15H14OTe. The summed E-state index contributed by atoms with van der Waals surface area (Å²) in [6.07, 6.45) is 0. The van der Waals surface area contributed by atoms with Crippen LogP contribution in [0.1, 0.15) is 17.4 Å². The molecule has 0 aliphatic rings. The fourth-order valence-electron chi connectivity index (χ4n) is 1.38. The Hall–Kier alpha value is -0.990. The van der Waals surface area contributed by atoms with Crippen molar-refractivity contribution < 1.29 is 5.11 Å². The van der Waals surface area contributed by atoms with E-state index in [1.165, 1.54) is 12.7 Å². The molecule has 0 fully saturated rings. The van der Waals surface area contributed by atoms with Crippen molar-refractivity contribution in [2.24, 2.45) is 0 Å². The molecular weight excluding hydrogens is 324 g/mol. The van der Waals surface area contributed by atoms with E-state index >= 15 is 0 Å². The van der Waals surface area contributed by atoms with Crippen LogP contribution in [-0.2, 0) is 0 Å². The predicted molar refractivity (Wildman–Crippen MR) is 72.0 cm³/mol. The van der Waals surface area contributed by atoms with E-state index in [4.69, 9.17) is 0 Å². The SMILES string of the molecule is CC(C)(O)C#Cc1ccc(-c2ccccc2)[te]1. The quantitative estimate of drug-likeness (QED) is 0.626. The molecule has 1 aromatic heterocycles. The molecule has 0 bridgehead atoms. The molecule has 1 N–H and O–H groups in total. The van der Waals surface area contributed by atoms with Crippen molar-refractivity contribution in [2.75, 3.05) is 0 Å². The minimum atomic E-state index is -0.899. The number of hydrogen-bond donors (Lipinski definition) is 1. The third kappa shape index (κ3) is 3.76. The molecule has 17 heavy (non-hydrogen) atoms. The van der Waals surface area contributed by atoms with Crippen molar-refractivity contribution in [1.29, 1.82) is 0 Å². The van der Waals surface area contributed by atoms with Crippen molar-refractivity contribution in [3.05, 3.63) is 46.0 Å².